The Morgan fingerprint density at radius 1 is 1.57 bits per heavy atom. The average molecular weight is 193 g/mol. The molecule has 0 aromatic heterocycles. The smallest absolute Gasteiger partial charge is 0.131 e. The Labute approximate surface area is 82.9 Å². The molecule has 0 bridgehead atoms. The molecule has 0 aliphatic rings. The van der Waals surface area contributed by atoms with Crippen molar-refractivity contribution in [3.8, 4) is 11.8 Å². The maximum Gasteiger partial charge on any atom is 0.131 e. The van der Waals surface area contributed by atoms with E-state index >= 15 is 0 Å². The predicted molar refractivity (Wildman–Crippen MR) is 51.6 cm³/mol. The second-order valence-corrected chi connectivity index (χ2v) is 2.98. The van der Waals surface area contributed by atoms with Crippen LogP contribution in [0, 0.1) is 17.1 Å². The van der Waals surface area contributed by atoms with Crippen molar-refractivity contribution in [3.63, 3.8) is 0 Å². The number of ether oxygens (including phenoxy) is 1. The van der Waals surface area contributed by atoms with Crippen molar-refractivity contribution in [1.29, 1.82) is 5.26 Å². The maximum absolute atomic E-state index is 13.4. The lowest BCUT2D eigenvalue weighted by atomic mass is 9.97. The summed E-state index contributed by atoms with van der Waals surface area (Å²) in [4.78, 5) is 0. The topological polar surface area (TPSA) is 33.0 Å². The van der Waals surface area contributed by atoms with Crippen LogP contribution in [-0.2, 0) is 0 Å². The van der Waals surface area contributed by atoms with E-state index in [0.29, 0.717) is 17.7 Å². The van der Waals surface area contributed by atoms with Crippen LogP contribution in [0.25, 0.3) is 0 Å². The van der Waals surface area contributed by atoms with Crippen LogP contribution < -0.4 is 4.74 Å². The summed E-state index contributed by atoms with van der Waals surface area (Å²) in [5.41, 5.74) is 0.441. The van der Waals surface area contributed by atoms with Gasteiger partial charge in [-0.15, -0.1) is 0 Å². The first-order valence-electron chi connectivity index (χ1n) is 4.46. The molecule has 14 heavy (non-hydrogen) atoms. The molecule has 0 aliphatic carbocycles. The standard InChI is InChI=1S/C11H12FNO/c1-3-8(7-13)10-5-4-9(14-2)6-11(10)12/h4-6,8H,3H2,1-2H3. The Morgan fingerprint density at radius 3 is 2.71 bits per heavy atom. The average Bonchev–Trinajstić information content (AvgIpc) is 2.22. The molecule has 1 rings (SSSR count). The van der Waals surface area contributed by atoms with Crippen molar-refractivity contribution in [2.24, 2.45) is 0 Å². The van der Waals surface area contributed by atoms with Crippen LogP contribution in [0.5, 0.6) is 5.75 Å². The molecule has 1 aromatic carbocycles. The number of hydrogen-bond acceptors (Lipinski definition) is 2. The Hall–Kier alpha value is -1.56. The van der Waals surface area contributed by atoms with E-state index < -0.39 is 0 Å². The molecule has 1 aromatic rings. The lowest BCUT2D eigenvalue weighted by Crippen LogP contribution is -1.98. The highest BCUT2D eigenvalue weighted by Gasteiger charge is 2.13. The highest BCUT2D eigenvalue weighted by atomic mass is 19.1. The van der Waals surface area contributed by atoms with Gasteiger partial charge in [0, 0.05) is 11.6 Å². The summed E-state index contributed by atoms with van der Waals surface area (Å²) in [5, 5.41) is 8.78. The Bertz CT molecular complexity index is 357. The second-order valence-electron chi connectivity index (χ2n) is 2.98. The molecule has 0 fully saturated rings. The predicted octanol–water partition coefficient (Wildman–Crippen LogP) is 2.85. The molecule has 0 radical (unpaired) electrons. The third-order valence-electron chi connectivity index (χ3n) is 2.15. The summed E-state index contributed by atoms with van der Waals surface area (Å²) in [5.74, 6) is -0.280. The summed E-state index contributed by atoms with van der Waals surface area (Å²) in [6.45, 7) is 1.86. The Balaban J connectivity index is 3.06. The molecule has 74 valence electrons. The van der Waals surface area contributed by atoms with E-state index in [9.17, 15) is 4.39 Å². The van der Waals surface area contributed by atoms with Crippen molar-refractivity contribution >= 4 is 0 Å². The highest BCUT2D eigenvalue weighted by molar-refractivity contribution is 5.33. The van der Waals surface area contributed by atoms with Gasteiger partial charge in [0.05, 0.1) is 19.1 Å². The van der Waals surface area contributed by atoms with Crippen LogP contribution in [-0.4, -0.2) is 7.11 Å². The van der Waals surface area contributed by atoms with Crippen LogP contribution >= 0.6 is 0 Å². The first-order chi connectivity index (χ1) is 6.72. The zero-order chi connectivity index (χ0) is 10.6. The molecule has 0 aliphatic heterocycles. The number of halogens is 1. The van der Waals surface area contributed by atoms with E-state index in [-0.39, 0.29) is 11.7 Å². The molecule has 0 saturated heterocycles. The highest BCUT2D eigenvalue weighted by Crippen LogP contribution is 2.24. The van der Waals surface area contributed by atoms with Crippen molar-refractivity contribution < 1.29 is 9.13 Å². The minimum atomic E-state index is -0.377. The summed E-state index contributed by atoms with van der Waals surface area (Å²) in [6, 6.07) is 6.63. The number of methoxy groups -OCH3 is 1. The van der Waals surface area contributed by atoms with Gasteiger partial charge in [0.15, 0.2) is 0 Å². The molecule has 1 atom stereocenters. The fourth-order valence-corrected chi connectivity index (χ4v) is 1.30. The van der Waals surface area contributed by atoms with Gasteiger partial charge < -0.3 is 4.74 Å². The lowest BCUT2D eigenvalue weighted by molar-refractivity contribution is 0.410. The van der Waals surface area contributed by atoms with Crippen LogP contribution in [0.15, 0.2) is 18.2 Å². The molecule has 0 heterocycles. The lowest BCUT2D eigenvalue weighted by Gasteiger charge is -2.08. The molecule has 0 spiro atoms. The van der Waals surface area contributed by atoms with Gasteiger partial charge in [-0.2, -0.15) is 5.26 Å². The van der Waals surface area contributed by atoms with Gasteiger partial charge in [-0.3, -0.25) is 0 Å². The molecule has 0 saturated carbocycles. The van der Waals surface area contributed by atoms with Crippen LogP contribution in [0.3, 0.4) is 0 Å². The third-order valence-corrected chi connectivity index (χ3v) is 2.15. The fourth-order valence-electron chi connectivity index (χ4n) is 1.30. The number of hydrogen-bond donors (Lipinski definition) is 0. The number of nitrogens with zero attached hydrogens (tertiary/aromatic N) is 1. The van der Waals surface area contributed by atoms with Gasteiger partial charge in [-0.1, -0.05) is 13.0 Å². The molecule has 2 nitrogen and oxygen atoms in total. The van der Waals surface area contributed by atoms with Crippen molar-refractivity contribution in [2.45, 2.75) is 19.3 Å². The summed E-state index contributed by atoms with van der Waals surface area (Å²) < 4.78 is 18.3. The summed E-state index contributed by atoms with van der Waals surface area (Å²) in [7, 11) is 1.48. The minimum Gasteiger partial charge on any atom is -0.497 e. The Morgan fingerprint density at radius 2 is 2.29 bits per heavy atom. The minimum absolute atomic E-state index is 0.374. The SMILES string of the molecule is CCC(C#N)c1ccc(OC)cc1F. The van der Waals surface area contributed by atoms with Gasteiger partial charge in [0.25, 0.3) is 0 Å². The van der Waals surface area contributed by atoms with E-state index in [1.54, 1.807) is 12.1 Å². The maximum atomic E-state index is 13.4. The zero-order valence-electron chi connectivity index (χ0n) is 8.25. The van der Waals surface area contributed by atoms with E-state index in [0.717, 1.165) is 0 Å². The largest absolute Gasteiger partial charge is 0.497 e. The van der Waals surface area contributed by atoms with Gasteiger partial charge in [-0.25, -0.2) is 4.39 Å². The van der Waals surface area contributed by atoms with Crippen molar-refractivity contribution in [2.75, 3.05) is 7.11 Å². The van der Waals surface area contributed by atoms with Crippen LogP contribution in [0.1, 0.15) is 24.8 Å². The molecule has 0 amide bonds. The molecule has 3 heteroatoms. The van der Waals surface area contributed by atoms with Crippen molar-refractivity contribution in [1.82, 2.24) is 0 Å². The van der Waals surface area contributed by atoms with Crippen molar-refractivity contribution in [3.05, 3.63) is 29.6 Å². The van der Waals surface area contributed by atoms with E-state index in [1.165, 1.54) is 13.2 Å². The van der Waals surface area contributed by atoms with Gasteiger partial charge >= 0.3 is 0 Å². The van der Waals surface area contributed by atoms with Gasteiger partial charge in [0.1, 0.15) is 11.6 Å². The monoisotopic (exact) mass is 193 g/mol. The summed E-state index contributed by atoms with van der Waals surface area (Å²) in [6.07, 6.45) is 0.611. The van der Waals surface area contributed by atoms with Crippen LogP contribution in [0.2, 0.25) is 0 Å². The molecular formula is C11H12FNO. The number of benzene rings is 1. The van der Waals surface area contributed by atoms with Gasteiger partial charge in [0.2, 0.25) is 0 Å². The van der Waals surface area contributed by atoms with E-state index in [2.05, 4.69) is 6.07 Å². The Kier molecular flexibility index (Phi) is 3.47. The summed E-state index contributed by atoms with van der Waals surface area (Å²) >= 11 is 0. The second kappa shape index (κ2) is 4.61. The first kappa shape index (κ1) is 10.5. The normalized spacial score (nSPS) is 11.9. The molecular weight excluding hydrogens is 181 g/mol. The van der Waals surface area contributed by atoms with Gasteiger partial charge in [-0.05, 0) is 12.5 Å². The first-order valence-corrected chi connectivity index (χ1v) is 4.46. The molecule has 0 N–H and O–H groups in total. The van der Waals surface area contributed by atoms with E-state index in [4.69, 9.17) is 10.00 Å². The fraction of sp³-hybridized carbons (Fsp3) is 0.364. The quantitative estimate of drug-likeness (QED) is 0.739. The van der Waals surface area contributed by atoms with Crippen LogP contribution in [0.4, 0.5) is 4.39 Å². The zero-order valence-corrected chi connectivity index (χ0v) is 8.25. The van der Waals surface area contributed by atoms with E-state index in [1.807, 2.05) is 6.92 Å². The third kappa shape index (κ3) is 2.02. The number of nitriles is 1. The number of rotatable bonds is 3. The molecule has 1 unspecified atom stereocenters.